The van der Waals surface area contributed by atoms with Crippen molar-refractivity contribution in [2.45, 2.75) is 41.8 Å². The Hall–Kier alpha value is -1.07. The lowest BCUT2D eigenvalue weighted by molar-refractivity contribution is 0.0145. The molecular weight excluding hydrogens is 246 g/mol. The number of fused-ring (bicyclic) bond motifs is 3. The van der Waals surface area contributed by atoms with E-state index in [0.29, 0.717) is 16.3 Å². The van der Waals surface area contributed by atoms with Crippen LogP contribution in [0.3, 0.4) is 0 Å². The van der Waals surface area contributed by atoms with Crippen molar-refractivity contribution in [2.75, 3.05) is 0 Å². The quantitative estimate of drug-likeness (QED) is 0.852. The number of aromatic nitrogens is 3. The summed E-state index contributed by atoms with van der Waals surface area (Å²) in [6.07, 6.45) is 9.63. The Balaban J connectivity index is 1.82. The van der Waals surface area contributed by atoms with Crippen molar-refractivity contribution in [3.63, 3.8) is 0 Å². The summed E-state index contributed by atoms with van der Waals surface area (Å²) in [6.45, 7) is 0. The standard InChI is InChI=1S/C13H15N3OS/c17-13(6-9-2-3-10(7-13)18-9)11-8-15-12-14-4-1-5-16(11)12/h1,4-5,8-10,17H,2-3,6-7H2. The van der Waals surface area contributed by atoms with Crippen molar-refractivity contribution in [3.05, 3.63) is 30.4 Å². The van der Waals surface area contributed by atoms with Crippen LogP contribution in [0.25, 0.3) is 5.78 Å². The zero-order chi connectivity index (χ0) is 12.2. The smallest absolute Gasteiger partial charge is 0.233 e. The minimum Gasteiger partial charge on any atom is -0.383 e. The van der Waals surface area contributed by atoms with Crippen LogP contribution in [0.1, 0.15) is 31.4 Å². The molecule has 4 rings (SSSR count). The molecular formula is C13H15N3OS. The second-order valence-electron chi connectivity index (χ2n) is 5.33. The third-order valence-electron chi connectivity index (χ3n) is 4.09. The largest absolute Gasteiger partial charge is 0.383 e. The minimum atomic E-state index is -0.723. The highest BCUT2D eigenvalue weighted by molar-refractivity contribution is 8.00. The molecule has 1 N–H and O–H groups in total. The Labute approximate surface area is 109 Å². The lowest BCUT2D eigenvalue weighted by Gasteiger charge is -2.35. The number of aliphatic hydroxyl groups is 1. The number of hydrogen-bond acceptors (Lipinski definition) is 4. The van der Waals surface area contributed by atoms with Gasteiger partial charge in [-0.2, -0.15) is 11.8 Å². The van der Waals surface area contributed by atoms with E-state index in [2.05, 4.69) is 21.7 Å². The van der Waals surface area contributed by atoms with Crippen molar-refractivity contribution < 1.29 is 5.11 Å². The fourth-order valence-electron chi connectivity index (χ4n) is 3.30. The van der Waals surface area contributed by atoms with Crippen LogP contribution in [0.15, 0.2) is 24.7 Å². The molecule has 94 valence electrons. The first-order valence-electron chi connectivity index (χ1n) is 6.41. The number of thioether (sulfide) groups is 1. The van der Waals surface area contributed by atoms with Crippen LogP contribution in [0, 0.1) is 0 Å². The highest BCUT2D eigenvalue weighted by Crippen LogP contribution is 2.51. The van der Waals surface area contributed by atoms with Crippen molar-refractivity contribution in [2.24, 2.45) is 0 Å². The molecule has 0 spiro atoms. The first kappa shape index (κ1) is 10.8. The number of rotatable bonds is 1. The third kappa shape index (κ3) is 1.50. The van der Waals surface area contributed by atoms with Crippen molar-refractivity contribution in [1.82, 2.24) is 14.4 Å². The van der Waals surface area contributed by atoms with Crippen molar-refractivity contribution >= 4 is 17.5 Å². The Kier molecular flexibility index (Phi) is 2.23. The molecule has 2 atom stereocenters. The topological polar surface area (TPSA) is 50.4 Å². The Bertz CT molecular complexity index is 585. The lowest BCUT2D eigenvalue weighted by atomic mass is 9.90. The maximum atomic E-state index is 11.0. The van der Waals surface area contributed by atoms with Gasteiger partial charge in [-0.1, -0.05) is 0 Å². The molecule has 5 heteroatoms. The molecule has 2 unspecified atom stereocenters. The number of hydrogen-bond donors (Lipinski definition) is 1. The van der Waals surface area contributed by atoms with Gasteiger partial charge in [0, 0.05) is 22.9 Å². The van der Waals surface area contributed by atoms with Crippen LogP contribution in [-0.4, -0.2) is 30.0 Å². The molecule has 0 aromatic carbocycles. The first-order valence-corrected chi connectivity index (χ1v) is 7.35. The SMILES string of the molecule is OC1(c2cnc3ncccn23)CC2CCC(C1)S2. The maximum absolute atomic E-state index is 11.0. The van der Waals surface area contributed by atoms with E-state index in [-0.39, 0.29) is 0 Å². The van der Waals surface area contributed by atoms with Gasteiger partial charge in [0.2, 0.25) is 5.78 Å². The molecule has 2 aromatic heterocycles. The molecule has 0 amide bonds. The summed E-state index contributed by atoms with van der Waals surface area (Å²) in [5, 5.41) is 12.2. The van der Waals surface area contributed by atoms with Crippen LogP contribution in [-0.2, 0) is 5.60 Å². The summed E-state index contributed by atoms with van der Waals surface area (Å²) >= 11 is 2.05. The van der Waals surface area contributed by atoms with Crippen LogP contribution in [0.2, 0.25) is 0 Å². The van der Waals surface area contributed by atoms with E-state index in [9.17, 15) is 5.11 Å². The molecule has 2 aliphatic heterocycles. The second kappa shape index (κ2) is 3.71. The van der Waals surface area contributed by atoms with Gasteiger partial charge < -0.3 is 5.11 Å². The fourth-order valence-corrected chi connectivity index (χ4v) is 5.13. The maximum Gasteiger partial charge on any atom is 0.233 e. The molecule has 0 radical (unpaired) electrons. The number of nitrogens with zero attached hydrogens (tertiary/aromatic N) is 3. The summed E-state index contributed by atoms with van der Waals surface area (Å²) in [5.74, 6) is 0.673. The van der Waals surface area contributed by atoms with E-state index >= 15 is 0 Å². The van der Waals surface area contributed by atoms with Gasteiger partial charge in [0.05, 0.1) is 11.9 Å². The Morgan fingerprint density at radius 2 is 2.06 bits per heavy atom. The van der Waals surface area contributed by atoms with Crippen LogP contribution in [0.4, 0.5) is 0 Å². The Morgan fingerprint density at radius 3 is 2.83 bits per heavy atom. The van der Waals surface area contributed by atoms with E-state index in [1.807, 2.05) is 16.7 Å². The second-order valence-corrected chi connectivity index (χ2v) is 6.94. The zero-order valence-electron chi connectivity index (χ0n) is 9.99. The highest BCUT2D eigenvalue weighted by Gasteiger charge is 2.45. The van der Waals surface area contributed by atoms with Gasteiger partial charge in [0.15, 0.2) is 0 Å². The van der Waals surface area contributed by atoms with Gasteiger partial charge >= 0.3 is 0 Å². The van der Waals surface area contributed by atoms with Gasteiger partial charge in [-0.15, -0.1) is 0 Å². The third-order valence-corrected chi connectivity index (χ3v) is 5.67. The molecule has 2 bridgehead atoms. The zero-order valence-corrected chi connectivity index (χ0v) is 10.8. The molecule has 2 saturated heterocycles. The van der Waals surface area contributed by atoms with E-state index in [1.54, 1.807) is 12.4 Å². The van der Waals surface area contributed by atoms with E-state index < -0.39 is 5.60 Å². The highest BCUT2D eigenvalue weighted by atomic mass is 32.2. The van der Waals surface area contributed by atoms with Crippen molar-refractivity contribution in [3.8, 4) is 0 Å². The molecule has 4 heterocycles. The summed E-state index contributed by atoms with van der Waals surface area (Å²) in [4.78, 5) is 8.51. The normalized spacial score (nSPS) is 35.2. The average Bonchev–Trinajstić information content (AvgIpc) is 2.93. The fraction of sp³-hybridized carbons (Fsp3) is 0.538. The van der Waals surface area contributed by atoms with Gasteiger partial charge in [-0.25, -0.2) is 9.97 Å². The number of imidazole rings is 1. The van der Waals surface area contributed by atoms with E-state index in [1.165, 1.54) is 12.8 Å². The molecule has 18 heavy (non-hydrogen) atoms. The van der Waals surface area contributed by atoms with Gasteiger partial charge in [-0.3, -0.25) is 4.40 Å². The minimum absolute atomic E-state index is 0.607. The molecule has 4 nitrogen and oxygen atoms in total. The molecule has 2 aliphatic rings. The van der Waals surface area contributed by atoms with Gasteiger partial charge in [0.1, 0.15) is 5.60 Å². The average molecular weight is 261 g/mol. The first-order chi connectivity index (χ1) is 8.74. The van der Waals surface area contributed by atoms with Gasteiger partial charge in [-0.05, 0) is 31.7 Å². The lowest BCUT2D eigenvalue weighted by Crippen LogP contribution is -2.35. The van der Waals surface area contributed by atoms with Crippen LogP contribution < -0.4 is 0 Å². The molecule has 2 fully saturated rings. The predicted octanol–water partition coefficient (Wildman–Crippen LogP) is 1.97. The summed E-state index contributed by atoms with van der Waals surface area (Å²) in [5.41, 5.74) is 0.183. The summed E-state index contributed by atoms with van der Waals surface area (Å²) in [6, 6.07) is 1.88. The molecule has 0 aliphatic carbocycles. The summed E-state index contributed by atoms with van der Waals surface area (Å²) in [7, 11) is 0. The predicted molar refractivity (Wildman–Crippen MR) is 70.5 cm³/mol. The van der Waals surface area contributed by atoms with Crippen LogP contribution in [0.5, 0.6) is 0 Å². The molecule has 2 aromatic rings. The molecule has 0 saturated carbocycles. The van der Waals surface area contributed by atoms with Crippen LogP contribution >= 0.6 is 11.8 Å². The van der Waals surface area contributed by atoms with E-state index in [4.69, 9.17) is 0 Å². The van der Waals surface area contributed by atoms with Gasteiger partial charge in [0.25, 0.3) is 0 Å². The Morgan fingerprint density at radius 1 is 1.28 bits per heavy atom. The monoisotopic (exact) mass is 261 g/mol. The van der Waals surface area contributed by atoms with E-state index in [0.717, 1.165) is 18.5 Å². The summed E-state index contributed by atoms with van der Waals surface area (Å²) < 4.78 is 1.93. The van der Waals surface area contributed by atoms with Crippen molar-refractivity contribution in [1.29, 1.82) is 0 Å².